The van der Waals surface area contributed by atoms with E-state index in [2.05, 4.69) is 23.4 Å². The number of ether oxygens (including phenoxy) is 2. The summed E-state index contributed by atoms with van der Waals surface area (Å²) in [5, 5.41) is 7.63. The van der Waals surface area contributed by atoms with Gasteiger partial charge in [-0.1, -0.05) is 82.0 Å². The molecule has 9 nitrogen and oxygen atoms in total. The maximum atomic E-state index is 13.3. The second-order valence-corrected chi connectivity index (χ2v) is 10.6. The third kappa shape index (κ3) is 10.8. The van der Waals surface area contributed by atoms with E-state index in [1.807, 2.05) is 55.5 Å². The summed E-state index contributed by atoms with van der Waals surface area (Å²) in [5.74, 6) is 0.720. The van der Waals surface area contributed by atoms with Crippen LogP contribution in [0.4, 0.5) is 5.82 Å². The Labute approximate surface area is 248 Å². The number of carbonyl (C=O) groups excluding carboxylic acids is 1. The lowest BCUT2D eigenvalue weighted by atomic mass is 10.1. The van der Waals surface area contributed by atoms with E-state index >= 15 is 0 Å². The maximum absolute atomic E-state index is 13.3. The fourth-order valence-electron chi connectivity index (χ4n) is 4.60. The van der Waals surface area contributed by atoms with Gasteiger partial charge in [-0.3, -0.25) is 14.2 Å². The van der Waals surface area contributed by atoms with E-state index in [-0.39, 0.29) is 36.7 Å². The zero-order valence-electron chi connectivity index (χ0n) is 25.3. The molecule has 0 aliphatic carbocycles. The van der Waals surface area contributed by atoms with Gasteiger partial charge in [-0.05, 0) is 55.9 Å². The Morgan fingerprint density at radius 3 is 2.45 bits per heavy atom. The number of anilines is 1. The predicted molar refractivity (Wildman–Crippen MR) is 166 cm³/mol. The average molecular weight is 579 g/mol. The van der Waals surface area contributed by atoms with Gasteiger partial charge in [0.25, 0.3) is 5.56 Å². The summed E-state index contributed by atoms with van der Waals surface area (Å²) < 4.78 is 13.8. The highest BCUT2D eigenvalue weighted by Crippen LogP contribution is 2.17. The molecular weight excluding hydrogens is 532 g/mol. The number of aromatic nitrogens is 3. The quantitative estimate of drug-likeness (QED) is 0.146. The van der Waals surface area contributed by atoms with E-state index in [4.69, 9.17) is 9.47 Å². The molecule has 42 heavy (non-hydrogen) atoms. The molecule has 0 amide bonds. The number of rotatable bonds is 19. The molecule has 2 aromatic carbocycles. The van der Waals surface area contributed by atoms with Crippen molar-refractivity contribution in [2.75, 3.05) is 18.5 Å². The molecule has 0 bridgehead atoms. The van der Waals surface area contributed by atoms with Crippen LogP contribution < -0.4 is 21.3 Å². The number of esters is 1. The van der Waals surface area contributed by atoms with Crippen molar-refractivity contribution in [3.05, 3.63) is 86.6 Å². The second kappa shape index (κ2) is 17.8. The molecule has 3 rings (SSSR count). The van der Waals surface area contributed by atoms with Crippen molar-refractivity contribution in [1.82, 2.24) is 14.3 Å². The fourth-order valence-corrected chi connectivity index (χ4v) is 4.60. The van der Waals surface area contributed by atoms with Crippen LogP contribution in [0, 0.1) is 0 Å². The number of unbranched alkanes of at least 4 members (excludes halogenated alkanes) is 5. The smallest absolute Gasteiger partial charge is 0.347 e. The zero-order valence-corrected chi connectivity index (χ0v) is 25.3. The third-order valence-electron chi connectivity index (χ3n) is 6.97. The van der Waals surface area contributed by atoms with Crippen LogP contribution >= 0.6 is 0 Å². The standard InChI is InChI=1S/C33H46N4O5/c1-4-6-7-8-14-22-37-33(40)36(24-28-17-10-9-11-18-28)32(39)31(35-37)34-21-13-12-16-27-19-15-20-29(23-27)42-26(3)25-41-30(38)5-2/h9-11,15,17-20,23,26H,4-8,12-14,16,21-22,24-25H2,1-3H3,(H,34,35). The molecule has 1 unspecified atom stereocenters. The van der Waals surface area contributed by atoms with E-state index in [0.29, 0.717) is 19.5 Å². The fraction of sp³-hybridized carbons (Fsp3) is 0.515. The first-order valence-corrected chi connectivity index (χ1v) is 15.3. The van der Waals surface area contributed by atoms with Gasteiger partial charge in [-0.15, -0.1) is 5.10 Å². The van der Waals surface area contributed by atoms with Crippen LogP contribution in [0.5, 0.6) is 5.75 Å². The summed E-state index contributed by atoms with van der Waals surface area (Å²) in [5.41, 5.74) is 1.27. The largest absolute Gasteiger partial charge is 0.487 e. The topological polar surface area (TPSA) is 104 Å². The summed E-state index contributed by atoms with van der Waals surface area (Å²) in [6.07, 6.45) is 8.02. The number of benzene rings is 2. The molecule has 0 aliphatic rings. The van der Waals surface area contributed by atoms with Crippen LogP contribution in [0.15, 0.2) is 64.2 Å². The van der Waals surface area contributed by atoms with Gasteiger partial charge in [0.2, 0.25) is 5.82 Å². The molecule has 1 heterocycles. The van der Waals surface area contributed by atoms with E-state index < -0.39 is 5.56 Å². The molecule has 228 valence electrons. The van der Waals surface area contributed by atoms with E-state index in [9.17, 15) is 14.4 Å². The van der Waals surface area contributed by atoms with Crippen LogP contribution in [-0.2, 0) is 29.0 Å². The molecule has 1 N–H and O–H groups in total. The number of carbonyl (C=O) groups is 1. The molecule has 1 atom stereocenters. The van der Waals surface area contributed by atoms with Crippen LogP contribution in [0.25, 0.3) is 0 Å². The van der Waals surface area contributed by atoms with Gasteiger partial charge in [0.1, 0.15) is 18.5 Å². The Kier molecular flexibility index (Phi) is 13.9. The monoisotopic (exact) mass is 578 g/mol. The molecule has 0 saturated heterocycles. The second-order valence-electron chi connectivity index (χ2n) is 10.6. The predicted octanol–water partition coefficient (Wildman–Crippen LogP) is 5.58. The number of nitrogens with zero attached hydrogens (tertiary/aromatic N) is 3. The van der Waals surface area contributed by atoms with Crippen molar-refractivity contribution in [3.63, 3.8) is 0 Å². The highest BCUT2D eigenvalue weighted by Gasteiger charge is 2.14. The highest BCUT2D eigenvalue weighted by atomic mass is 16.6. The van der Waals surface area contributed by atoms with E-state index in [1.165, 1.54) is 15.7 Å². The zero-order chi connectivity index (χ0) is 30.2. The van der Waals surface area contributed by atoms with Crippen molar-refractivity contribution < 1.29 is 14.3 Å². The van der Waals surface area contributed by atoms with Gasteiger partial charge in [0, 0.05) is 19.5 Å². The van der Waals surface area contributed by atoms with Crippen molar-refractivity contribution in [2.45, 2.75) is 97.8 Å². The van der Waals surface area contributed by atoms with Crippen molar-refractivity contribution in [1.29, 1.82) is 0 Å². The van der Waals surface area contributed by atoms with Gasteiger partial charge >= 0.3 is 11.7 Å². The molecule has 0 spiro atoms. The summed E-state index contributed by atoms with van der Waals surface area (Å²) in [6.45, 7) is 7.30. The Morgan fingerprint density at radius 2 is 1.69 bits per heavy atom. The van der Waals surface area contributed by atoms with Crippen LogP contribution in [0.1, 0.15) is 83.3 Å². The number of aryl methyl sites for hydroxylation is 2. The van der Waals surface area contributed by atoms with Gasteiger partial charge in [-0.2, -0.15) is 0 Å². The third-order valence-corrected chi connectivity index (χ3v) is 6.97. The molecule has 0 aliphatic heterocycles. The lowest BCUT2D eigenvalue weighted by molar-refractivity contribution is -0.145. The normalized spacial score (nSPS) is 11.7. The van der Waals surface area contributed by atoms with Gasteiger partial charge < -0.3 is 14.8 Å². The maximum Gasteiger partial charge on any atom is 0.347 e. The Hall–Kier alpha value is -3.88. The molecule has 0 saturated carbocycles. The molecule has 1 aromatic heterocycles. The van der Waals surface area contributed by atoms with E-state index in [1.54, 1.807) is 6.92 Å². The first-order valence-electron chi connectivity index (χ1n) is 15.3. The Balaban J connectivity index is 1.57. The Morgan fingerprint density at radius 1 is 0.929 bits per heavy atom. The molecular formula is C33H46N4O5. The number of hydrogen-bond donors (Lipinski definition) is 1. The minimum absolute atomic E-state index is 0.212. The van der Waals surface area contributed by atoms with Gasteiger partial charge in [0.15, 0.2) is 0 Å². The molecule has 0 fully saturated rings. The molecule has 3 aromatic rings. The molecule has 0 radical (unpaired) electrons. The van der Waals surface area contributed by atoms with Gasteiger partial charge in [0.05, 0.1) is 6.54 Å². The number of nitrogens with one attached hydrogen (secondary N) is 1. The molecule has 9 heteroatoms. The summed E-state index contributed by atoms with van der Waals surface area (Å²) in [6, 6.07) is 17.5. The first kappa shape index (κ1) is 32.6. The number of hydrogen-bond acceptors (Lipinski definition) is 7. The Bertz CT molecular complexity index is 1350. The van der Waals surface area contributed by atoms with E-state index in [0.717, 1.165) is 61.8 Å². The SMILES string of the molecule is CCCCCCCn1nc(NCCCCc2cccc(OC(C)COC(=O)CC)c2)c(=O)n(Cc2ccccc2)c1=O. The van der Waals surface area contributed by atoms with Gasteiger partial charge in [-0.25, -0.2) is 9.48 Å². The summed E-state index contributed by atoms with van der Waals surface area (Å²) in [7, 11) is 0. The van der Waals surface area contributed by atoms with Crippen LogP contribution in [-0.4, -0.2) is 39.6 Å². The highest BCUT2D eigenvalue weighted by molar-refractivity contribution is 5.68. The van der Waals surface area contributed by atoms with Crippen molar-refractivity contribution >= 4 is 11.8 Å². The minimum atomic E-state index is -0.394. The van der Waals surface area contributed by atoms with Crippen molar-refractivity contribution in [2.24, 2.45) is 0 Å². The van der Waals surface area contributed by atoms with Crippen LogP contribution in [0.3, 0.4) is 0 Å². The lowest BCUT2D eigenvalue weighted by Crippen LogP contribution is -2.43. The average Bonchev–Trinajstić information content (AvgIpc) is 3.00. The summed E-state index contributed by atoms with van der Waals surface area (Å²) >= 11 is 0. The lowest BCUT2D eigenvalue weighted by Gasteiger charge is -2.15. The first-order chi connectivity index (χ1) is 20.4. The summed E-state index contributed by atoms with van der Waals surface area (Å²) in [4.78, 5) is 37.8. The minimum Gasteiger partial charge on any atom is -0.487 e. The van der Waals surface area contributed by atoms with Crippen molar-refractivity contribution in [3.8, 4) is 5.75 Å². The van der Waals surface area contributed by atoms with Crippen LogP contribution in [0.2, 0.25) is 0 Å².